The molecule has 2 aromatic carbocycles. The quantitative estimate of drug-likeness (QED) is 0.233. The highest BCUT2D eigenvalue weighted by Crippen LogP contribution is 2.44. The molecule has 0 N–H and O–H groups in total. The van der Waals surface area contributed by atoms with E-state index in [4.69, 9.17) is 4.74 Å². The van der Waals surface area contributed by atoms with Gasteiger partial charge >= 0.3 is 0 Å². The molecule has 1 aliphatic carbocycles. The van der Waals surface area contributed by atoms with Crippen LogP contribution in [0.5, 0.6) is 5.75 Å². The standard InChI is InChI=1S/C32H44O2/c1-5-7-9-13-21-32(3,4)27-18-20-29(30-23-28(33)19-17-26(30)16-8-6-2)31(22-27)34-24-25-14-11-10-12-15-25/h6,8,10-12,14-15,18,20,22,26,30H,5,7,9,13,16-17,19,21,23-24H2,1-4H3/b8-6+/t26-,30-/m0/s1. The van der Waals surface area contributed by atoms with E-state index in [-0.39, 0.29) is 11.3 Å². The Bertz CT molecular complexity index is 925. The zero-order chi connectivity index (χ0) is 24.4. The van der Waals surface area contributed by atoms with Crippen LogP contribution < -0.4 is 4.74 Å². The SMILES string of the molecule is C/C=C/C[C@H]1CCC(=O)C[C@@H]1c1ccc(C(C)(C)CCCCCC)cc1OCc1ccccc1. The normalized spacial score (nSPS) is 19.0. The molecule has 0 amide bonds. The molecule has 0 aromatic heterocycles. The highest BCUT2D eigenvalue weighted by Gasteiger charge is 2.32. The topological polar surface area (TPSA) is 26.3 Å². The molecule has 0 bridgehead atoms. The minimum absolute atomic E-state index is 0.101. The number of Topliss-reactive ketones (excluding diaryl/α,β-unsaturated/α-hetero) is 1. The molecule has 2 aromatic rings. The van der Waals surface area contributed by atoms with Crippen LogP contribution in [-0.2, 0) is 16.8 Å². The first-order valence-electron chi connectivity index (χ1n) is 13.4. The molecule has 34 heavy (non-hydrogen) atoms. The second-order valence-corrected chi connectivity index (χ2v) is 10.7. The monoisotopic (exact) mass is 460 g/mol. The molecule has 2 nitrogen and oxygen atoms in total. The maximum Gasteiger partial charge on any atom is 0.133 e. The summed E-state index contributed by atoms with van der Waals surface area (Å²) in [5.74, 6) is 2.06. The van der Waals surface area contributed by atoms with Crippen molar-refractivity contribution in [2.24, 2.45) is 5.92 Å². The van der Waals surface area contributed by atoms with E-state index >= 15 is 0 Å². The van der Waals surface area contributed by atoms with Gasteiger partial charge in [0.1, 0.15) is 18.1 Å². The minimum Gasteiger partial charge on any atom is -0.489 e. The fraction of sp³-hybridized carbons (Fsp3) is 0.531. The van der Waals surface area contributed by atoms with Crippen molar-refractivity contribution in [3.05, 3.63) is 77.4 Å². The van der Waals surface area contributed by atoms with Crippen LogP contribution in [0.2, 0.25) is 0 Å². The van der Waals surface area contributed by atoms with Crippen LogP contribution in [0.4, 0.5) is 0 Å². The van der Waals surface area contributed by atoms with Gasteiger partial charge in [0.15, 0.2) is 0 Å². The lowest BCUT2D eigenvalue weighted by Crippen LogP contribution is -2.24. The van der Waals surface area contributed by atoms with Crippen LogP contribution in [0, 0.1) is 5.92 Å². The number of hydrogen-bond donors (Lipinski definition) is 0. The average molecular weight is 461 g/mol. The first-order valence-corrected chi connectivity index (χ1v) is 13.4. The Labute approximate surface area is 207 Å². The van der Waals surface area contributed by atoms with Crippen LogP contribution >= 0.6 is 0 Å². The molecule has 2 heteroatoms. The third kappa shape index (κ3) is 7.32. The first-order chi connectivity index (χ1) is 16.4. The van der Waals surface area contributed by atoms with Crippen molar-refractivity contribution in [2.45, 2.75) is 103 Å². The van der Waals surface area contributed by atoms with Crippen LogP contribution in [0.3, 0.4) is 0 Å². The molecule has 1 aliphatic rings. The third-order valence-corrected chi connectivity index (χ3v) is 7.57. The first kappa shape index (κ1) is 26.3. The van der Waals surface area contributed by atoms with Gasteiger partial charge in [-0.2, -0.15) is 0 Å². The maximum absolute atomic E-state index is 12.5. The summed E-state index contributed by atoms with van der Waals surface area (Å²) in [7, 11) is 0. The number of unbranched alkanes of at least 4 members (excludes halogenated alkanes) is 3. The summed E-state index contributed by atoms with van der Waals surface area (Å²) < 4.78 is 6.51. The van der Waals surface area contributed by atoms with Crippen molar-refractivity contribution in [1.29, 1.82) is 0 Å². The molecule has 0 saturated heterocycles. The Hall–Kier alpha value is -2.35. The summed E-state index contributed by atoms with van der Waals surface area (Å²) in [5.41, 5.74) is 3.82. The van der Waals surface area contributed by atoms with Crippen molar-refractivity contribution in [3.63, 3.8) is 0 Å². The Morgan fingerprint density at radius 3 is 2.59 bits per heavy atom. The van der Waals surface area contributed by atoms with Gasteiger partial charge in [-0.1, -0.05) is 101 Å². The van der Waals surface area contributed by atoms with Gasteiger partial charge in [-0.15, -0.1) is 0 Å². The van der Waals surface area contributed by atoms with E-state index in [1.54, 1.807) is 0 Å². The van der Waals surface area contributed by atoms with Gasteiger partial charge in [0, 0.05) is 12.8 Å². The van der Waals surface area contributed by atoms with Crippen molar-refractivity contribution in [1.82, 2.24) is 0 Å². The number of hydrogen-bond acceptors (Lipinski definition) is 2. The van der Waals surface area contributed by atoms with E-state index < -0.39 is 0 Å². The lowest BCUT2D eigenvalue weighted by molar-refractivity contribution is -0.121. The van der Waals surface area contributed by atoms with E-state index in [1.165, 1.54) is 48.8 Å². The second-order valence-electron chi connectivity index (χ2n) is 10.7. The third-order valence-electron chi connectivity index (χ3n) is 7.57. The molecule has 0 radical (unpaired) electrons. The van der Waals surface area contributed by atoms with Gasteiger partial charge in [-0.05, 0) is 66.2 Å². The smallest absolute Gasteiger partial charge is 0.133 e. The van der Waals surface area contributed by atoms with E-state index in [2.05, 4.69) is 82.3 Å². The van der Waals surface area contributed by atoms with E-state index in [0.29, 0.717) is 31.1 Å². The van der Waals surface area contributed by atoms with Crippen molar-refractivity contribution in [3.8, 4) is 5.75 Å². The lowest BCUT2D eigenvalue weighted by atomic mass is 9.72. The summed E-state index contributed by atoms with van der Waals surface area (Å²) in [6, 6.07) is 17.2. The van der Waals surface area contributed by atoms with E-state index in [1.807, 2.05) is 6.07 Å². The summed E-state index contributed by atoms with van der Waals surface area (Å²) in [4.78, 5) is 12.5. The molecule has 184 valence electrons. The number of allylic oxidation sites excluding steroid dienone is 2. The van der Waals surface area contributed by atoms with Gasteiger partial charge in [0.05, 0.1) is 0 Å². The average Bonchev–Trinajstić information content (AvgIpc) is 2.85. The Kier molecular flexibility index (Phi) is 9.99. The van der Waals surface area contributed by atoms with Gasteiger partial charge in [-0.3, -0.25) is 4.79 Å². The fourth-order valence-corrected chi connectivity index (χ4v) is 5.28. The molecule has 0 heterocycles. The summed E-state index contributed by atoms with van der Waals surface area (Å²) in [5, 5.41) is 0. The van der Waals surface area contributed by atoms with Crippen molar-refractivity contribution in [2.75, 3.05) is 0 Å². The minimum atomic E-state index is 0.101. The summed E-state index contributed by atoms with van der Waals surface area (Å²) in [6.07, 6.45) is 14.0. The number of carbonyl (C=O) groups excluding carboxylic acids is 1. The summed E-state index contributed by atoms with van der Waals surface area (Å²) in [6.45, 7) is 9.60. The van der Waals surface area contributed by atoms with Crippen LogP contribution in [-0.4, -0.2) is 5.78 Å². The number of ketones is 1. The second kappa shape index (κ2) is 12.9. The molecule has 1 saturated carbocycles. The highest BCUT2D eigenvalue weighted by atomic mass is 16.5. The Morgan fingerprint density at radius 1 is 1.06 bits per heavy atom. The number of ether oxygens (including phenoxy) is 1. The van der Waals surface area contributed by atoms with E-state index in [9.17, 15) is 4.79 Å². The fourth-order valence-electron chi connectivity index (χ4n) is 5.28. The number of carbonyl (C=O) groups is 1. The molecule has 1 fully saturated rings. The zero-order valence-electron chi connectivity index (χ0n) is 21.8. The summed E-state index contributed by atoms with van der Waals surface area (Å²) >= 11 is 0. The van der Waals surface area contributed by atoms with Crippen LogP contribution in [0.15, 0.2) is 60.7 Å². The van der Waals surface area contributed by atoms with Gasteiger partial charge in [0.25, 0.3) is 0 Å². The predicted octanol–water partition coefficient (Wildman–Crippen LogP) is 8.93. The maximum atomic E-state index is 12.5. The predicted molar refractivity (Wildman–Crippen MR) is 144 cm³/mol. The molecule has 0 unspecified atom stereocenters. The van der Waals surface area contributed by atoms with Crippen LogP contribution in [0.25, 0.3) is 0 Å². The highest BCUT2D eigenvalue weighted by molar-refractivity contribution is 5.80. The number of rotatable bonds is 12. The molecule has 3 rings (SSSR count). The molecular formula is C32H44O2. The van der Waals surface area contributed by atoms with Gasteiger partial charge in [-0.25, -0.2) is 0 Å². The molecule has 0 aliphatic heterocycles. The van der Waals surface area contributed by atoms with Gasteiger partial charge < -0.3 is 4.74 Å². The molecule has 2 atom stereocenters. The van der Waals surface area contributed by atoms with Crippen molar-refractivity contribution < 1.29 is 9.53 Å². The Morgan fingerprint density at radius 2 is 1.85 bits per heavy atom. The van der Waals surface area contributed by atoms with Gasteiger partial charge in [0.2, 0.25) is 0 Å². The lowest BCUT2D eigenvalue weighted by Gasteiger charge is -2.33. The molecular weight excluding hydrogens is 416 g/mol. The Balaban J connectivity index is 1.91. The number of benzene rings is 2. The van der Waals surface area contributed by atoms with Crippen LogP contribution in [0.1, 0.15) is 108 Å². The zero-order valence-corrected chi connectivity index (χ0v) is 21.8. The van der Waals surface area contributed by atoms with Crippen molar-refractivity contribution >= 4 is 5.78 Å². The largest absolute Gasteiger partial charge is 0.489 e. The molecule has 0 spiro atoms. The van der Waals surface area contributed by atoms with E-state index in [0.717, 1.165) is 18.6 Å².